The van der Waals surface area contributed by atoms with Gasteiger partial charge in [-0.15, -0.1) is 0 Å². The van der Waals surface area contributed by atoms with Gasteiger partial charge in [-0.05, 0) is 29.2 Å². The summed E-state index contributed by atoms with van der Waals surface area (Å²) in [5, 5.41) is 9.98. The van der Waals surface area contributed by atoms with Gasteiger partial charge in [0.15, 0.2) is 5.69 Å². The van der Waals surface area contributed by atoms with Crippen LogP contribution in [-0.2, 0) is 5.41 Å². The van der Waals surface area contributed by atoms with Crippen LogP contribution < -0.4 is 15.6 Å². The second kappa shape index (κ2) is 7.61. The Morgan fingerprint density at radius 1 is 1.07 bits per heavy atom. The number of amides is 1. The minimum absolute atomic E-state index is 0.0962. The van der Waals surface area contributed by atoms with Crippen molar-refractivity contribution in [2.45, 2.75) is 26.2 Å². The standard InChI is InChI=1S/C21H23N3O3/c1-21(2,3)14-8-10-15(11-9-14)27-13-12-22-20(26)18-16-6-4-5-7-17(16)19(25)24-23-18/h4-11H,12-13H2,1-3H3,(H,22,26)(H,24,25). The van der Waals surface area contributed by atoms with Crippen molar-refractivity contribution in [3.05, 3.63) is 70.1 Å². The van der Waals surface area contributed by atoms with E-state index in [4.69, 9.17) is 4.74 Å². The lowest BCUT2D eigenvalue weighted by Crippen LogP contribution is -2.30. The third-order valence-corrected chi connectivity index (χ3v) is 4.29. The van der Waals surface area contributed by atoms with E-state index in [1.54, 1.807) is 24.3 Å². The number of nitrogens with zero attached hydrogens (tertiary/aromatic N) is 1. The molecule has 2 aromatic carbocycles. The quantitative estimate of drug-likeness (QED) is 0.681. The van der Waals surface area contributed by atoms with Crippen LogP contribution in [0.2, 0.25) is 0 Å². The van der Waals surface area contributed by atoms with E-state index >= 15 is 0 Å². The average molecular weight is 365 g/mol. The van der Waals surface area contributed by atoms with Crippen molar-refractivity contribution >= 4 is 16.7 Å². The highest BCUT2D eigenvalue weighted by Gasteiger charge is 2.14. The molecule has 1 amide bonds. The predicted molar refractivity (Wildman–Crippen MR) is 105 cm³/mol. The molecule has 3 aromatic rings. The maximum Gasteiger partial charge on any atom is 0.272 e. The van der Waals surface area contributed by atoms with E-state index in [2.05, 4.69) is 36.3 Å². The van der Waals surface area contributed by atoms with Crippen LogP contribution >= 0.6 is 0 Å². The molecule has 1 heterocycles. The number of hydrogen-bond donors (Lipinski definition) is 2. The maximum atomic E-state index is 12.4. The number of ether oxygens (including phenoxy) is 1. The van der Waals surface area contributed by atoms with Crippen LogP contribution in [0.15, 0.2) is 53.3 Å². The fourth-order valence-corrected chi connectivity index (χ4v) is 2.76. The molecular formula is C21H23N3O3. The summed E-state index contributed by atoms with van der Waals surface area (Å²) >= 11 is 0. The Kier molecular flexibility index (Phi) is 5.26. The summed E-state index contributed by atoms with van der Waals surface area (Å²) in [4.78, 5) is 24.2. The van der Waals surface area contributed by atoms with Crippen molar-refractivity contribution in [3.63, 3.8) is 0 Å². The summed E-state index contributed by atoms with van der Waals surface area (Å²) < 4.78 is 5.67. The molecule has 6 heteroatoms. The monoisotopic (exact) mass is 365 g/mol. The van der Waals surface area contributed by atoms with Crippen molar-refractivity contribution in [2.24, 2.45) is 0 Å². The summed E-state index contributed by atoms with van der Waals surface area (Å²) in [5.41, 5.74) is 1.21. The highest BCUT2D eigenvalue weighted by Crippen LogP contribution is 2.24. The zero-order valence-electron chi connectivity index (χ0n) is 15.7. The van der Waals surface area contributed by atoms with Crippen LogP contribution in [0.5, 0.6) is 5.75 Å². The number of benzene rings is 2. The third kappa shape index (κ3) is 4.34. The Bertz CT molecular complexity index is 1000. The zero-order chi connectivity index (χ0) is 19.4. The van der Waals surface area contributed by atoms with Gasteiger partial charge < -0.3 is 10.1 Å². The van der Waals surface area contributed by atoms with E-state index in [0.29, 0.717) is 23.9 Å². The maximum absolute atomic E-state index is 12.4. The Morgan fingerprint density at radius 2 is 1.74 bits per heavy atom. The Balaban J connectivity index is 1.58. The molecule has 0 spiro atoms. The molecule has 3 rings (SSSR count). The molecule has 1 aromatic heterocycles. The molecule has 6 nitrogen and oxygen atoms in total. The molecule has 0 bridgehead atoms. The molecular weight excluding hydrogens is 342 g/mol. The minimum atomic E-state index is -0.353. The lowest BCUT2D eigenvalue weighted by molar-refractivity contribution is 0.0943. The highest BCUT2D eigenvalue weighted by atomic mass is 16.5. The lowest BCUT2D eigenvalue weighted by atomic mass is 9.87. The topological polar surface area (TPSA) is 84.1 Å². The molecule has 2 N–H and O–H groups in total. The van der Waals surface area contributed by atoms with Crippen molar-refractivity contribution in [3.8, 4) is 5.75 Å². The number of carbonyl (C=O) groups is 1. The Morgan fingerprint density at radius 3 is 2.41 bits per heavy atom. The lowest BCUT2D eigenvalue weighted by Gasteiger charge is -2.19. The second-order valence-corrected chi connectivity index (χ2v) is 7.33. The zero-order valence-corrected chi connectivity index (χ0v) is 15.7. The fourth-order valence-electron chi connectivity index (χ4n) is 2.76. The largest absolute Gasteiger partial charge is 0.492 e. The number of H-pyrrole nitrogens is 1. The first-order valence-electron chi connectivity index (χ1n) is 8.85. The van der Waals surface area contributed by atoms with E-state index in [1.807, 2.05) is 24.3 Å². The molecule has 0 saturated heterocycles. The first-order valence-corrected chi connectivity index (χ1v) is 8.85. The molecule has 0 aliphatic carbocycles. The summed E-state index contributed by atoms with van der Waals surface area (Å²) in [6.07, 6.45) is 0. The molecule has 0 unspecified atom stereocenters. The fraction of sp³-hybridized carbons (Fsp3) is 0.286. The van der Waals surface area contributed by atoms with Crippen LogP contribution in [0.3, 0.4) is 0 Å². The predicted octanol–water partition coefficient (Wildman–Crippen LogP) is 3.03. The first kappa shape index (κ1) is 18.6. The van der Waals surface area contributed by atoms with E-state index < -0.39 is 0 Å². The van der Waals surface area contributed by atoms with E-state index in [-0.39, 0.29) is 22.6 Å². The number of fused-ring (bicyclic) bond motifs is 1. The van der Waals surface area contributed by atoms with Crippen LogP contribution in [0.1, 0.15) is 36.8 Å². The van der Waals surface area contributed by atoms with Gasteiger partial charge in [0, 0.05) is 5.39 Å². The van der Waals surface area contributed by atoms with E-state index in [1.165, 1.54) is 5.56 Å². The van der Waals surface area contributed by atoms with Gasteiger partial charge >= 0.3 is 0 Å². The van der Waals surface area contributed by atoms with Crippen molar-refractivity contribution in [2.75, 3.05) is 13.2 Å². The molecule has 0 aliphatic heterocycles. The van der Waals surface area contributed by atoms with Gasteiger partial charge in [-0.1, -0.05) is 51.1 Å². The summed E-state index contributed by atoms with van der Waals surface area (Å²) in [5.74, 6) is 0.402. The SMILES string of the molecule is CC(C)(C)c1ccc(OCCNC(=O)c2n[nH]c(=O)c3ccccc23)cc1. The summed E-state index contributed by atoms with van der Waals surface area (Å²) in [6, 6.07) is 14.8. The van der Waals surface area contributed by atoms with Gasteiger partial charge in [-0.25, -0.2) is 5.10 Å². The van der Waals surface area contributed by atoms with E-state index in [0.717, 1.165) is 5.75 Å². The Labute approximate surface area is 157 Å². The van der Waals surface area contributed by atoms with Crippen molar-refractivity contribution < 1.29 is 9.53 Å². The summed E-state index contributed by atoms with van der Waals surface area (Å²) in [6.45, 7) is 7.14. The van der Waals surface area contributed by atoms with Gasteiger partial charge in [0.25, 0.3) is 11.5 Å². The molecule has 140 valence electrons. The van der Waals surface area contributed by atoms with Crippen molar-refractivity contribution in [1.29, 1.82) is 0 Å². The first-order chi connectivity index (χ1) is 12.9. The number of nitrogens with one attached hydrogen (secondary N) is 2. The normalized spacial score (nSPS) is 11.4. The number of carbonyl (C=O) groups excluding carboxylic acids is 1. The molecule has 27 heavy (non-hydrogen) atoms. The molecule has 0 atom stereocenters. The van der Waals surface area contributed by atoms with Crippen LogP contribution in [-0.4, -0.2) is 29.3 Å². The van der Waals surface area contributed by atoms with Crippen LogP contribution in [0.25, 0.3) is 10.8 Å². The van der Waals surface area contributed by atoms with Crippen molar-refractivity contribution in [1.82, 2.24) is 15.5 Å². The van der Waals surface area contributed by atoms with Gasteiger partial charge in [0.1, 0.15) is 12.4 Å². The number of hydrogen-bond acceptors (Lipinski definition) is 4. The van der Waals surface area contributed by atoms with Gasteiger partial charge in [0.05, 0.1) is 11.9 Å². The van der Waals surface area contributed by atoms with Gasteiger partial charge in [0.2, 0.25) is 0 Å². The summed E-state index contributed by atoms with van der Waals surface area (Å²) in [7, 11) is 0. The Hall–Kier alpha value is -3.15. The molecule has 0 radical (unpaired) electrons. The molecule has 0 aliphatic rings. The highest BCUT2D eigenvalue weighted by molar-refractivity contribution is 6.04. The van der Waals surface area contributed by atoms with E-state index in [9.17, 15) is 9.59 Å². The number of rotatable bonds is 5. The molecule has 0 saturated carbocycles. The number of aromatic amines is 1. The second-order valence-electron chi connectivity index (χ2n) is 7.33. The van der Waals surface area contributed by atoms with Gasteiger partial charge in [-0.2, -0.15) is 5.10 Å². The van der Waals surface area contributed by atoms with Crippen LogP contribution in [0, 0.1) is 0 Å². The number of aromatic nitrogens is 2. The minimum Gasteiger partial charge on any atom is -0.492 e. The third-order valence-electron chi connectivity index (χ3n) is 4.29. The van der Waals surface area contributed by atoms with Gasteiger partial charge in [-0.3, -0.25) is 9.59 Å². The van der Waals surface area contributed by atoms with Crippen LogP contribution in [0.4, 0.5) is 0 Å². The average Bonchev–Trinajstić information content (AvgIpc) is 2.65. The molecule has 0 fully saturated rings. The smallest absolute Gasteiger partial charge is 0.272 e.